The average Bonchev–Trinajstić information content (AvgIpc) is 2.55. The molecular weight excluding hydrogens is 304 g/mol. The lowest BCUT2D eigenvalue weighted by Crippen LogP contribution is -2.34. The molecule has 2 aromatic rings. The molecule has 4 bridgehead atoms. The molecule has 0 fully saturated rings. The first-order chi connectivity index (χ1) is 10.2. The minimum atomic E-state index is -0.513. The average molecular weight is 320 g/mol. The second-order valence-electron chi connectivity index (χ2n) is 5.26. The van der Waals surface area contributed by atoms with Crippen molar-refractivity contribution in [2.45, 2.75) is 11.3 Å². The molecular formula is C15H16N2O2S2. The Morgan fingerprint density at radius 2 is 1.76 bits per heavy atom. The number of fused-ring (bicyclic) bond motifs is 5. The first kappa shape index (κ1) is 14.8. The standard InChI is InChI=1S/C15H16N2O2S2/c18-8-15(9-19)7-11-1-3-16-13(5-11)14-6-12(2-4-17-14)21-20-10-15/h1-6,18-19H,7-10H2. The molecule has 2 N–H and O–H groups in total. The van der Waals surface area contributed by atoms with E-state index in [1.54, 1.807) is 34.0 Å². The van der Waals surface area contributed by atoms with E-state index in [9.17, 15) is 10.2 Å². The molecule has 2 aromatic heterocycles. The van der Waals surface area contributed by atoms with Crippen molar-refractivity contribution in [1.29, 1.82) is 0 Å². The second-order valence-corrected chi connectivity index (χ2v) is 7.63. The van der Waals surface area contributed by atoms with Crippen molar-refractivity contribution < 1.29 is 10.2 Å². The van der Waals surface area contributed by atoms with E-state index in [1.807, 2.05) is 24.3 Å². The third kappa shape index (κ3) is 3.23. The predicted molar refractivity (Wildman–Crippen MR) is 86.1 cm³/mol. The van der Waals surface area contributed by atoms with Gasteiger partial charge in [-0.1, -0.05) is 21.6 Å². The molecule has 1 aliphatic heterocycles. The molecule has 0 spiro atoms. The van der Waals surface area contributed by atoms with Crippen LogP contribution in [0.2, 0.25) is 0 Å². The number of aromatic nitrogens is 2. The zero-order valence-electron chi connectivity index (χ0n) is 11.4. The Morgan fingerprint density at radius 3 is 2.52 bits per heavy atom. The van der Waals surface area contributed by atoms with Gasteiger partial charge in [0.25, 0.3) is 0 Å². The number of rotatable bonds is 2. The maximum absolute atomic E-state index is 9.76. The fourth-order valence-electron chi connectivity index (χ4n) is 2.29. The van der Waals surface area contributed by atoms with E-state index in [2.05, 4.69) is 9.97 Å². The summed E-state index contributed by atoms with van der Waals surface area (Å²) >= 11 is 0. The van der Waals surface area contributed by atoms with Gasteiger partial charge in [0, 0.05) is 28.5 Å². The first-order valence-corrected chi connectivity index (χ1v) is 8.99. The molecule has 3 rings (SSSR count). The van der Waals surface area contributed by atoms with Gasteiger partial charge in [-0.25, -0.2) is 0 Å². The number of aliphatic hydroxyl groups is 2. The van der Waals surface area contributed by atoms with Gasteiger partial charge in [0.05, 0.1) is 24.6 Å². The van der Waals surface area contributed by atoms with E-state index < -0.39 is 5.41 Å². The minimum absolute atomic E-state index is 0.0372. The van der Waals surface area contributed by atoms with Gasteiger partial charge >= 0.3 is 0 Å². The van der Waals surface area contributed by atoms with Crippen LogP contribution in [-0.4, -0.2) is 39.1 Å². The molecule has 0 amide bonds. The van der Waals surface area contributed by atoms with E-state index >= 15 is 0 Å². The number of aliphatic hydroxyl groups excluding tert-OH is 2. The lowest BCUT2D eigenvalue weighted by atomic mass is 9.85. The van der Waals surface area contributed by atoms with Crippen LogP contribution >= 0.6 is 21.6 Å². The molecule has 21 heavy (non-hydrogen) atoms. The van der Waals surface area contributed by atoms with Crippen molar-refractivity contribution in [3.05, 3.63) is 42.2 Å². The van der Waals surface area contributed by atoms with Crippen molar-refractivity contribution in [3.8, 4) is 11.4 Å². The first-order valence-electron chi connectivity index (χ1n) is 6.67. The number of hydrogen-bond acceptors (Lipinski definition) is 6. The molecule has 0 saturated heterocycles. The third-order valence-corrected chi connectivity index (χ3v) is 6.17. The van der Waals surface area contributed by atoms with Gasteiger partial charge in [0.1, 0.15) is 0 Å². The molecule has 4 nitrogen and oxygen atoms in total. The highest BCUT2D eigenvalue weighted by Gasteiger charge is 2.30. The van der Waals surface area contributed by atoms with Gasteiger partial charge in [-0.05, 0) is 36.2 Å². The number of pyridine rings is 2. The van der Waals surface area contributed by atoms with Crippen LogP contribution in [0.5, 0.6) is 0 Å². The quantitative estimate of drug-likeness (QED) is 0.829. The Labute approximate surface area is 131 Å². The third-order valence-electron chi connectivity index (χ3n) is 3.59. The summed E-state index contributed by atoms with van der Waals surface area (Å²) in [4.78, 5) is 9.86. The van der Waals surface area contributed by atoms with Gasteiger partial charge in [-0.2, -0.15) is 0 Å². The molecule has 110 valence electrons. The normalized spacial score (nSPS) is 17.0. The maximum atomic E-state index is 9.76. The molecule has 0 atom stereocenters. The zero-order valence-corrected chi connectivity index (χ0v) is 13.0. The number of nitrogens with zero attached hydrogens (tertiary/aromatic N) is 2. The molecule has 6 heteroatoms. The van der Waals surface area contributed by atoms with Crippen molar-refractivity contribution in [3.63, 3.8) is 0 Å². The summed E-state index contributed by atoms with van der Waals surface area (Å²) in [5.74, 6) is 0.681. The van der Waals surface area contributed by atoms with Crippen LogP contribution in [0.1, 0.15) is 5.56 Å². The monoisotopic (exact) mass is 320 g/mol. The summed E-state index contributed by atoms with van der Waals surface area (Å²) in [7, 11) is 3.29. The Balaban J connectivity index is 2.06. The Hall–Kier alpha value is -1.08. The van der Waals surface area contributed by atoms with Crippen LogP contribution in [0.3, 0.4) is 0 Å². The van der Waals surface area contributed by atoms with Crippen LogP contribution in [0.25, 0.3) is 11.4 Å². The predicted octanol–water partition coefficient (Wildman–Crippen LogP) is 2.41. The van der Waals surface area contributed by atoms with E-state index in [0.29, 0.717) is 12.2 Å². The summed E-state index contributed by atoms with van der Waals surface area (Å²) in [6.45, 7) is -0.0743. The van der Waals surface area contributed by atoms with Crippen LogP contribution in [0.15, 0.2) is 41.6 Å². The van der Waals surface area contributed by atoms with Gasteiger partial charge < -0.3 is 10.2 Å². The van der Waals surface area contributed by atoms with Crippen molar-refractivity contribution in [2.24, 2.45) is 5.41 Å². The summed E-state index contributed by atoms with van der Waals surface area (Å²) in [6.07, 6.45) is 4.17. The maximum Gasteiger partial charge on any atom is 0.0897 e. The van der Waals surface area contributed by atoms with Crippen LogP contribution in [0, 0.1) is 5.41 Å². The van der Waals surface area contributed by atoms with Crippen molar-refractivity contribution >= 4 is 21.6 Å². The minimum Gasteiger partial charge on any atom is -0.396 e. The lowest BCUT2D eigenvalue weighted by Gasteiger charge is -2.29. The summed E-state index contributed by atoms with van der Waals surface area (Å²) < 4.78 is 0. The Kier molecular flexibility index (Phi) is 4.49. The largest absolute Gasteiger partial charge is 0.396 e. The SMILES string of the molecule is OCC1(CO)CSSc2ccnc(c2)-c2cc(ccn2)C1. The smallest absolute Gasteiger partial charge is 0.0897 e. The van der Waals surface area contributed by atoms with E-state index in [0.717, 1.165) is 21.8 Å². The van der Waals surface area contributed by atoms with Crippen LogP contribution in [-0.2, 0) is 6.42 Å². The van der Waals surface area contributed by atoms with Gasteiger partial charge in [-0.3, -0.25) is 9.97 Å². The molecule has 0 aromatic carbocycles. The number of hydrogen-bond donors (Lipinski definition) is 2. The van der Waals surface area contributed by atoms with E-state index in [1.165, 1.54) is 0 Å². The van der Waals surface area contributed by atoms with Crippen molar-refractivity contribution in [1.82, 2.24) is 9.97 Å². The molecule has 0 unspecified atom stereocenters. The van der Waals surface area contributed by atoms with Gasteiger partial charge in [-0.15, -0.1) is 0 Å². The van der Waals surface area contributed by atoms with E-state index in [-0.39, 0.29) is 13.2 Å². The highest BCUT2D eigenvalue weighted by molar-refractivity contribution is 8.76. The molecule has 0 radical (unpaired) electrons. The van der Waals surface area contributed by atoms with Gasteiger partial charge in [0.2, 0.25) is 0 Å². The van der Waals surface area contributed by atoms with Crippen LogP contribution in [0.4, 0.5) is 0 Å². The lowest BCUT2D eigenvalue weighted by molar-refractivity contribution is 0.0745. The Morgan fingerprint density at radius 1 is 1.05 bits per heavy atom. The highest BCUT2D eigenvalue weighted by Crippen LogP contribution is 2.39. The highest BCUT2D eigenvalue weighted by atomic mass is 33.1. The zero-order chi connectivity index (χ0) is 14.7. The Bertz CT molecular complexity index is 633. The summed E-state index contributed by atoms with van der Waals surface area (Å²) in [6, 6.07) is 7.91. The fourth-order valence-corrected chi connectivity index (χ4v) is 4.94. The summed E-state index contributed by atoms with van der Waals surface area (Å²) in [5, 5.41) is 19.5. The van der Waals surface area contributed by atoms with Crippen molar-refractivity contribution in [2.75, 3.05) is 19.0 Å². The molecule has 1 aliphatic rings. The molecule has 0 saturated carbocycles. The molecule has 0 aliphatic carbocycles. The molecule has 3 heterocycles. The topological polar surface area (TPSA) is 66.2 Å². The summed E-state index contributed by atoms with van der Waals surface area (Å²) in [5.41, 5.74) is 2.22. The van der Waals surface area contributed by atoms with E-state index in [4.69, 9.17) is 0 Å². The second kappa shape index (κ2) is 6.36. The fraction of sp³-hybridized carbons (Fsp3) is 0.333. The van der Waals surface area contributed by atoms with Crippen LogP contribution < -0.4 is 0 Å². The van der Waals surface area contributed by atoms with Gasteiger partial charge in [0.15, 0.2) is 0 Å².